The zero-order chi connectivity index (χ0) is 15.6. The first kappa shape index (κ1) is 15.4. The number of hydrogen-bond acceptors (Lipinski definition) is 4. The summed E-state index contributed by atoms with van der Waals surface area (Å²) in [5.74, 6) is 0. The SMILES string of the molecule is Cc1ccc(C(C)Nc2cnc(Br)c(C)c2)cc1[N+](=O)[O-]. The van der Waals surface area contributed by atoms with Crippen LogP contribution < -0.4 is 5.32 Å². The molecule has 21 heavy (non-hydrogen) atoms. The van der Waals surface area contributed by atoms with Gasteiger partial charge in [-0.1, -0.05) is 12.1 Å². The van der Waals surface area contributed by atoms with Crippen LogP contribution in [0.5, 0.6) is 0 Å². The van der Waals surface area contributed by atoms with Gasteiger partial charge in [-0.3, -0.25) is 10.1 Å². The summed E-state index contributed by atoms with van der Waals surface area (Å²) >= 11 is 3.36. The molecule has 1 unspecified atom stereocenters. The van der Waals surface area contributed by atoms with Crippen LogP contribution in [0, 0.1) is 24.0 Å². The molecule has 0 saturated carbocycles. The zero-order valence-corrected chi connectivity index (χ0v) is 13.6. The van der Waals surface area contributed by atoms with Crippen molar-refractivity contribution in [1.29, 1.82) is 0 Å². The van der Waals surface area contributed by atoms with Gasteiger partial charge in [-0.25, -0.2) is 4.98 Å². The molecular formula is C15H16BrN3O2. The number of anilines is 1. The molecule has 5 nitrogen and oxygen atoms in total. The highest BCUT2D eigenvalue weighted by atomic mass is 79.9. The van der Waals surface area contributed by atoms with Crippen LogP contribution in [0.15, 0.2) is 35.1 Å². The molecule has 0 amide bonds. The van der Waals surface area contributed by atoms with E-state index in [-0.39, 0.29) is 16.7 Å². The molecule has 2 aromatic rings. The van der Waals surface area contributed by atoms with Crippen molar-refractivity contribution < 1.29 is 4.92 Å². The first-order valence-electron chi connectivity index (χ1n) is 6.52. The number of rotatable bonds is 4. The van der Waals surface area contributed by atoms with Gasteiger partial charge >= 0.3 is 0 Å². The third-order valence-corrected chi connectivity index (χ3v) is 4.16. The van der Waals surface area contributed by atoms with Crippen molar-refractivity contribution in [2.24, 2.45) is 0 Å². The van der Waals surface area contributed by atoms with Crippen LogP contribution in [0.3, 0.4) is 0 Å². The lowest BCUT2D eigenvalue weighted by molar-refractivity contribution is -0.385. The number of nitrogens with zero attached hydrogens (tertiary/aromatic N) is 2. The molecule has 0 radical (unpaired) electrons. The van der Waals surface area contributed by atoms with Gasteiger partial charge in [-0.05, 0) is 53.9 Å². The zero-order valence-electron chi connectivity index (χ0n) is 12.1. The van der Waals surface area contributed by atoms with Gasteiger partial charge in [0.25, 0.3) is 5.69 Å². The van der Waals surface area contributed by atoms with E-state index in [0.29, 0.717) is 5.56 Å². The van der Waals surface area contributed by atoms with Gasteiger partial charge in [-0.15, -0.1) is 0 Å². The summed E-state index contributed by atoms with van der Waals surface area (Å²) in [5, 5.41) is 14.3. The molecule has 110 valence electrons. The van der Waals surface area contributed by atoms with Gasteiger partial charge in [0, 0.05) is 17.7 Å². The molecule has 0 spiro atoms. The molecular weight excluding hydrogens is 334 g/mol. The molecule has 1 aromatic carbocycles. The van der Waals surface area contributed by atoms with Crippen molar-refractivity contribution in [1.82, 2.24) is 4.98 Å². The van der Waals surface area contributed by atoms with Crippen LogP contribution >= 0.6 is 15.9 Å². The summed E-state index contributed by atoms with van der Waals surface area (Å²) < 4.78 is 0.812. The number of halogens is 1. The number of nitro benzene ring substituents is 1. The van der Waals surface area contributed by atoms with E-state index in [2.05, 4.69) is 26.2 Å². The molecule has 0 aliphatic rings. The molecule has 0 bridgehead atoms. The van der Waals surface area contributed by atoms with Crippen molar-refractivity contribution >= 4 is 27.3 Å². The molecule has 0 saturated heterocycles. The number of hydrogen-bond donors (Lipinski definition) is 1. The Bertz CT molecular complexity index is 689. The van der Waals surface area contributed by atoms with Crippen LogP contribution in [0.1, 0.15) is 29.7 Å². The first-order chi connectivity index (χ1) is 9.88. The average molecular weight is 350 g/mol. The Balaban J connectivity index is 2.23. The van der Waals surface area contributed by atoms with Gasteiger partial charge in [-0.2, -0.15) is 0 Å². The van der Waals surface area contributed by atoms with E-state index in [0.717, 1.165) is 21.4 Å². The minimum Gasteiger partial charge on any atom is -0.377 e. The largest absolute Gasteiger partial charge is 0.377 e. The Labute approximate surface area is 131 Å². The molecule has 1 N–H and O–H groups in total. The molecule has 1 aromatic heterocycles. The lowest BCUT2D eigenvalue weighted by Crippen LogP contribution is -2.08. The summed E-state index contributed by atoms with van der Waals surface area (Å²) in [7, 11) is 0. The van der Waals surface area contributed by atoms with E-state index in [4.69, 9.17) is 0 Å². The maximum absolute atomic E-state index is 11.0. The fraction of sp³-hybridized carbons (Fsp3) is 0.267. The summed E-state index contributed by atoms with van der Waals surface area (Å²) in [6.45, 7) is 5.66. The third kappa shape index (κ3) is 3.58. The van der Waals surface area contributed by atoms with E-state index in [1.807, 2.05) is 26.0 Å². The number of nitro groups is 1. The van der Waals surface area contributed by atoms with Crippen LogP contribution in [-0.4, -0.2) is 9.91 Å². The van der Waals surface area contributed by atoms with E-state index in [9.17, 15) is 10.1 Å². The lowest BCUT2D eigenvalue weighted by atomic mass is 10.0. The lowest BCUT2D eigenvalue weighted by Gasteiger charge is -2.16. The topological polar surface area (TPSA) is 68.1 Å². The molecule has 0 aliphatic carbocycles. The summed E-state index contributed by atoms with van der Waals surface area (Å²) in [6.07, 6.45) is 1.73. The predicted octanol–water partition coefficient (Wildman–Crippen LogP) is 4.54. The maximum atomic E-state index is 11.0. The monoisotopic (exact) mass is 349 g/mol. The molecule has 1 atom stereocenters. The van der Waals surface area contributed by atoms with E-state index >= 15 is 0 Å². The van der Waals surface area contributed by atoms with Crippen LogP contribution in [0.2, 0.25) is 0 Å². The second-order valence-electron chi connectivity index (χ2n) is 5.00. The van der Waals surface area contributed by atoms with Gasteiger partial charge in [0.1, 0.15) is 4.60 Å². The highest BCUT2D eigenvalue weighted by Crippen LogP contribution is 2.26. The standard InChI is InChI=1S/C15H16BrN3O2/c1-9-4-5-12(7-14(9)19(20)21)11(3)18-13-6-10(2)15(16)17-8-13/h4-8,11,18H,1-3H3. The van der Waals surface area contributed by atoms with Crippen LogP contribution in [-0.2, 0) is 0 Å². The third-order valence-electron chi connectivity index (χ3n) is 3.33. The smallest absolute Gasteiger partial charge is 0.272 e. The Hall–Kier alpha value is -1.95. The van der Waals surface area contributed by atoms with Gasteiger partial charge in [0.2, 0.25) is 0 Å². The van der Waals surface area contributed by atoms with Crippen LogP contribution in [0.25, 0.3) is 0 Å². The maximum Gasteiger partial charge on any atom is 0.272 e. The number of nitrogens with one attached hydrogen (secondary N) is 1. The van der Waals surface area contributed by atoms with Crippen molar-refractivity contribution in [2.75, 3.05) is 5.32 Å². The molecule has 1 heterocycles. The van der Waals surface area contributed by atoms with Gasteiger partial charge in [0.15, 0.2) is 0 Å². The quantitative estimate of drug-likeness (QED) is 0.499. The predicted molar refractivity (Wildman–Crippen MR) is 86.5 cm³/mol. The second-order valence-corrected chi connectivity index (χ2v) is 5.75. The minimum atomic E-state index is -0.350. The minimum absolute atomic E-state index is 0.0494. The fourth-order valence-corrected chi connectivity index (χ4v) is 2.28. The van der Waals surface area contributed by atoms with Gasteiger partial charge < -0.3 is 5.32 Å². The molecule has 0 aliphatic heterocycles. The molecule has 2 rings (SSSR count). The summed E-state index contributed by atoms with van der Waals surface area (Å²) in [6, 6.07) is 7.23. The Morgan fingerprint density at radius 2 is 2.00 bits per heavy atom. The fourth-order valence-electron chi connectivity index (χ4n) is 2.06. The van der Waals surface area contributed by atoms with Crippen molar-refractivity contribution in [3.8, 4) is 0 Å². The van der Waals surface area contributed by atoms with Crippen LogP contribution in [0.4, 0.5) is 11.4 Å². The van der Waals surface area contributed by atoms with Gasteiger partial charge in [0.05, 0.1) is 16.8 Å². The number of aromatic nitrogens is 1. The van der Waals surface area contributed by atoms with E-state index in [1.165, 1.54) is 0 Å². The number of aryl methyl sites for hydroxylation is 2. The summed E-state index contributed by atoms with van der Waals surface area (Å²) in [4.78, 5) is 14.9. The number of benzene rings is 1. The highest BCUT2D eigenvalue weighted by molar-refractivity contribution is 9.10. The second kappa shape index (κ2) is 6.22. The van der Waals surface area contributed by atoms with Crippen molar-refractivity contribution in [2.45, 2.75) is 26.8 Å². The average Bonchev–Trinajstić information content (AvgIpc) is 2.43. The van der Waals surface area contributed by atoms with Crippen molar-refractivity contribution in [3.63, 3.8) is 0 Å². The first-order valence-corrected chi connectivity index (χ1v) is 7.31. The molecule has 0 fully saturated rings. The Kier molecular flexibility index (Phi) is 4.57. The normalized spacial score (nSPS) is 12.0. The highest BCUT2D eigenvalue weighted by Gasteiger charge is 2.14. The van der Waals surface area contributed by atoms with E-state index in [1.54, 1.807) is 25.3 Å². The van der Waals surface area contributed by atoms with E-state index < -0.39 is 0 Å². The molecule has 6 heteroatoms. The Morgan fingerprint density at radius 1 is 1.29 bits per heavy atom. The number of pyridine rings is 1. The summed E-state index contributed by atoms with van der Waals surface area (Å²) in [5.41, 5.74) is 3.59. The van der Waals surface area contributed by atoms with Crippen molar-refractivity contribution in [3.05, 3.63) is 61.9 Å². The Morgan fingerprint density at radius 3 is 2.62 bits per heavy atom.